The molecule has 1 unspecified atom stereocenters. The van der Waals surface area contributed by atoms with E-state index in [0.29, 0.717) is 18.5 Å². The number of aromatic nitrogens is 1. The average molecular weight is 295 g/mol. The van der Waals surface area contributed by atoms with Crippen LogP contribution in [0.25, 0.3) is 0 Å². The van der Waals surface area contributed by atoms with Crippen molar-refractivity contribution in [2.75, 3.05) is 0 Å². The van der Waals surface area contributed by atoms with Crippen molar-refractivity contribution in [3.8, 4) is 0 Å². The third kappa shape index (κ3) is 6.56. The lowest BCUT2D eigenvalue weighted by Gasteiger charge is -2.26. The molecule has 0 fully saturated rings. The first-order chi connectivity index (χ1) is 10.1. The van der Waals surface area contributed by atoms with Crippen molar-refractivity contribution in [3.63, 3.8) is 0 Å². The molecule has 2 nitrogen and oxygen atoms in total. The maximum Gasteiger partial charge on any atom is 0.141 e. The number of hydrogen-bond acceptors (Lipinski definition) is 2. The molecular weight excluding hydrogens is 265 g/mol. The van der Waals surface area contributed by atoms with Crippen LogP contribution < -0.4 is 0 Å². The van der Waals surface area contributed by atoms with E-state index in [9.17, 15) is 9.50 Å². The van der Waals surface area contributed by atoms with Gasteiger partial charge in [0.2, 0.25) is 0 Å². The molecule has 21 heavy (non-hydrogen) atoms. The lowest BCUT2D eigenvalue weighted by atomic mass is 9.89. The molecule has 0 aliphatic rings. The van der Waals surface area contributed by atoms with E-state index in [4.69, 9.17) is 0 Å². The van der Waals surface area contributed by atoms with Gasteiger partial charge in [0.1, 0.15) is 11.4 Å². The van der Waals surface area contributed by atoms with Gasteiger partial charge in [-0.1, -0.05) is 65.2 Å². The van der Waals surface area contributed by atoms with Crippen molar-refractivity contribution in [3.05, 3.63) is 29.8 Å². The van der Waals surface area contributed by atoms with Crippen LogP contribution in [0.3, 0.4) is 0 Å². The van der Waals surface area contributed by atoms with Gasteiger partial charge < -0.3 is 5.11 Å². The summed E-state index contributed by atoms with van der Waals surface area (Å²) in [6, 6.07) is 2.97. The van der Waals surface area contributed by atoms with E-state index in [1.54, 1.807) is 6.07 Å². The van der Waals surface area contributed by atoms with E-state index in [-0.39, 0.29) is 5.82 Å². The SMILES string of the molecule is CCCCCCCCCCC(O)(CC)c1ccc(F)cn1. The highest BCUT2D eigenvalue weighted by Crippen LogP contribution is 2.29. The molecular formula is C18H30FNO. The molecule has 0 radical (unpaired) electrons. The molecule has 1 N–H and O–H groups in total. The second kappa shape index (κ2) is 9.88. The normalized spacial score (nSPS) is 14.1. The van der Waals surface area contributed by atoms with Gasteiger partial charge in [-0.25, -0.2) is 4.39 Å². The van der Waals surface area contributed by atoms with E-state index in [1.807, 2.05) is 6.92 Å². The zero-order chi connectivity index (χ0) is 15.6. The maximum atomic E-state index is 12.9. The summed E-state index contributed by atoms with van der Waals surface area (Å²) in [5, 5.41) is 10.7. The Morgan fingerprint density at radius 2 is 1.62 bits per heavy atom. The van der Waals surface area contributed by atoms with Gasteiger partial charge in [0.25, 0.3) is 0 Å². The van der Waals surface area contributed by atoms with Gasteiger partial charge in [-0.15, -0.1) is 0 Å². The Hall–Kier alpha value is -0.960. The minimum Gasteiger partial charge on any atom is -0.384 e. The van der Waals surface area contributed by atoms with Gasteiger partial charge in [0, 0.05) is 0 Å². The summed E-state index contributed by atoms with van der Waals surface area (Å²) in [6.07, 6.45) is 12.5. The van der Waals surface area contributed by atoms with Crippen molar-refractivity contribution in [1.29, 1.82) is 0 Å². The lowest BCUT2D eigenvalue weighted by Crippen LogP contribution is -2.26. The molecule has 0 spiro atoms. The maximum absolute atomic E-state index is 12.9. The summed E-state index contributed by atoms with van der Waals surface area (Å²) in [5.74, 6) is -0.357. The Bertz CT molecular complexity index is 379. The van der Waals surface area contributed by atoms with Crippen LogP contribution in [-0.2, 0) is 5.60 Å². The molecule has 1 heterocycles. The third-order valence-corrected chi connectivity index (χ3v) is 4.23. The predicted molar refractivity (Wildman–Crippen MR) is 85.6 cm³/mol. The van der Waals surface area contributed by atoms with Crippen LogP contribution in [0.1, 0.15) is 83.7 Å². The number of halogens is 1. The van der Waals surface area contributed by atoms with E-state index < -0.39 is 5.60 Å². The first-order valence-corrected chi connectivity index (χ1v) is 8.47. The zero-order valence-corrected chi connectivity index (χ0v) is 13.6. The summed E-state index contributed by atoms with van der Waals surface area (Å²) < 4.78 is 12.9. The second-order valence-electron chi connectivity index (χ2n) is 5.97. The molecule has 0 amide bonds. The summed E-state index contributed by atoms with van der Waals surface area (Å²) in [4.78, 5) is 4.05. The van der Waals surface area contributed by atoms with Gasteiger partial charge in [-0.3, -0.25) is 4.98 Å². The molecule has 0 aliphatic heterocycles. The zero-order valence-electron chi connectivity index (χ0n) is 13.6. The van der Waals surface area contributed by atoms with Crippen LogP contribution in [0.5, 0.6) is 0 Å². The van der Waals surface area contributed by atoms with Gasteiger partial charge in [-0.2, -0.15) is 0 Å². The lowest BCUT2D eigenvalue weighted by molar-refractivity contribution is 0.0163. The number of hydrogen-bond donors (Lipinski definition) is 1. The molecule has 3 heteroatoms. The molecule has 1 atom stereocenters. The highest BCUT2D eigenvalue weighted by molar-refractivity contribution is 5.13. The second-order valence-corrected chi connectivity index (χ2v) is 5.97. The van der Waals surface area contributed by atoms with Gasteiger partial charge in [-0.05, 0) is 25.0 Å². The molecule has 0 aromatic carbocycles. The van der Waals surface area contributed by atoms with Crippen LogP contribution in [-0.4, -0.2) is 10.1 Å². The van der Waals surface area contributed by atoms with Crippen LogP contribution in [0.2, 0.25) is 0 Å². The first-order valence-electron chi connectivity index (χ1n) is 8.47. The fourth-order valence-corrected chi connectivity index (χ4v) is 2.69. The van der Waals surface area contributed by atoms with Crippen LogP contribution in [0.15, 0.2) is 18.3 Å². The number of nitrogens with zero attached hydrogens (tertiary/aromatic N) is 1. The molecule has 0 bridgehead atoms. The Labute approximate surface area is 128 Å². The minimum absolute atomic E-state index is 0.357. The standard InChI is InChI=1S/C18H30FNO/c1-3-5-6-7-8-9-10-11-14-18(21,4-2)17-13-12-16(19)15-20-17/h12-13,15,21H,3-11,14H2,1-2H3. The van der Waals surface area contributed by atoms with Crippen molar-refractivity contribution >= 4 is 0 Å². The third-order valence-electron chi connectivity index (χ3n) is 4.23. The Balaban J connectivity index is 2.28. The van der Waals surface area contributed by atoms with E-state index in [1.165, 1.54) is 50.8 Å². The summed E-state index contributed by atoms with van der Waals surface area (Å²) in [5.41, 5.74) is -0.315. The summed E-state index contributed by atoms with van der Waals surface area (Å²) in [7, 11) is 0. The Morgan fingerprint density at radius 1 is 1.00 bits per heavy atom. The smallest absolute Gasteiger partial charge is 0.141 e. The van der Waals surface area contributed by atoms with Gasteiger partial charge in [0.05, 0.1) is 11.9 Å². The monoisotopic (exact) mass is 295 g/mol. The van der Waals surface area contributed by atoms with E-state index in [0.717, 1.165) is 12.8 Å². The molecule has 120 valence electrons. The molecule has 1 aromatic rings. The fourth-order valence-electron chi connectivity index (χ4n) is 2.69. The van der Waals surface area contributed by atoms with Crippen molar-refractivity contribution < 1.29 is 9.50 Å². The average Bonchev–Trinajstić information content (AvgIpc) is 2.50. The molecule has 0 aliphatic carbocycles. The van der Waals surface area contributed by atoms with Crippen molar-refractivity contribution in [2.45, 2.75) is 83.7 Å². The quantitative estimate of drug-likeness (QED) is 0.558. The van der Waals surface area contributed by atoms with Gasteiger partial charge in [0.15, 0.2) is 0 Å². The molecule has 1 aromatic heterocycles. The number of aliphatic hydroxyl groups is 1. The number of rotatable bonds is 11. The van der Waals surface area contributed by atoms with Crippen molar-refractivity contribution in [1.82, 2.24) is 4.98 Å². The molecule has 0 saturated heterocycles. The Kier molecular flexibility index (Phi) is 8.51. The fraction of sp³-hybridized carbons (Fsp3) is 0.722. The topological polar surface area (TPSA) is 33.1 Å². The van der Waals surface area contributed by atoms with Crippen LogP contribution in [0, 0.1) is 5.82 Å². The van der Waals surface area contributed by atoms with Crippen molar-refractivity contribution in [2.24, 2.45) is 0 Å². The van der Waals surface area contributed by atoms with E-state index >= 15 is 0 Å². The molecule has 1 rings (SSSR count). The first kappa shape index (κ1) is 18.1. The predicted octanol–water partition coefficient (Wildman–Crippen LogP) is 5.35. The Morgan fingerprint density at radius 3 is 2.14 bits per heavy atom. The molecule has 0 saturated carbocycles. The summed E-state index contributed by atoms with van der Waals surface area (Å²) in [6.45, 7) is 4.19. The highest BCUT2D eigenvalue weighted by Gasteiger charge is 2.27. The summed E-state index contributed by atoms with van der Waals surface area (Å²) >= 11 is 0. The highest BCUT2D eigenvalue weighted by atomic mass is 19.1. The van der Waals surface area contributed by atoms with Crippen LogP contribution >= 0.6 is 0 Å². The largest absolute Gasteiger partial charge is 0.384 e. The van der Waals surface area contributed by atoms with E-state index in [2.05, 4.69) is 11.9 Å². The number of pyridine rings is 1. The minimum atomic E-state index is -0.907. The number of unbranched alkanes of at least 4 members (excludes halogenated alkanes) is 7. The van der Waals surface area contributed by atoms with Crippen LogP contribution in [0.4, 0.5) is 4.39 Å². The van der Waals surface area contributed by atoms with Gasteiger partial charge >= 0.3 is 0 Å².